The Morgan fingerprint density at radius 2 is 2.06 bits per heavy atom. The summed E-state index contributed by atoms with van der Waals surface area (Å²) in [7, 11) is 0. The van der Waals surface area contributed by atoms with E-state index in [4.69, 9.17) is 16.2 Å². The van der Waals surface area contributed by atoms with Gasteiger partial charge in [-0.05, 0) is 31.5 Å². The number of aliphatic hydroxyl groups is 1. The lowest BCUT2D eigenvalue weighted by molar-refractivity contribution is -0.0901. The molecule has 1 saturated carbocycles. The van der Waals surface area contributed by atoms with E-state index < -0.39 is 17.3 Å². The van der Waals surface area contributed by atoms with Gasteiger partial charge < -0.3 is 21.3 Å². The van der Waals surface area contributed by atoms with Crippen molar-refractivity contribution in [2.45, 2.75) is 38.4 Å². The van der Waals surface area contributed by atoms with Gasteiger partial charge in [0.15, 0.2) is 11.5 Å². The van der Waals surface area contributed by atoms with E-state index in [1.54, 1.807) is 13.1 Å². The molecular formula is C23H22FN7O3. The Morgan fingerprint density at radius 1 is 1.29 bits per heavy atom. The number of nitrogens with zero attached hydrogens (tertiary/aromatic N) is 4. The van der Waals surface area contributed by atoms with Crippen LogP contribution in [0.3, 0.4) is 0 Å². The van der Waals surface area contributed by atoms with Crippen molar-refractivity contribution in [2.24, 2.45) is 5.73 Å². The second-order valence-corrected chi connectivity index (χ2v) is 8.76. The van der Waals surface area contributed by atoms with Gasteiger partial charge in [-0.2, -0.15) is 5.10 Å². The van der Waals surface area contributed by atoms with Crippen LogP contribution in [0.15, 0.2) is 30.6 Å². The first kappa shape index (κ1) is 21.7. The van der Waals surface area contributed by atoms with E-state index in [-0.39, 0.29) is 40.4 Å². The summed E-state index contributed by atoms with van der Waals surface area (Å²) in [6, 6.07) is 4.90. The van der Waals surface area contributed by atoms with Crippen LogP contribution >= 0.6 is 0 Å². The molecule has 1 aliphatic carbocycles. The van der Waals surface area contributed by atoms with E-state index in [1.165, 1.54) is 6.07 Å². The van der Waals surface area contributed by atoms with Crippen LogP contribution in [0.2, 0.25) is 0 Å². The number of rotatable bonds is 5. The predicted octanol–water partition coefficient (Wildman–Crippen LogP) is 2.50. The molecule has 0 spiro atoms. The fraction of sp³-hybridized carbons (Fsp3) is 0.261. The summed E-state index contributed by atoms with van der Waals surface area (Å²) < 4.78 is 20.1. The van der Waals surface area contributed by atoms with Gasteiger partial charge in [0.2, 0.25) is 5.88 Å². The third kappa shape index (κ3) is 3.69. The third-order valence-corrected chi connectivity index (χ3v) is 5.92. The monoisotopic (exact) mass is 463 g/mol. The molecule has 5 rings (SSSR count). The number of aryl methyl sites for hydroxylation is 1. The van der Waals surface area contributed by atoms with Gasteiger partial charge in [0.1, 0.15) is 11.9 Å². The van der Waals surface area contributed by atoms with E-state index >= 15 is 0 Å². The number of aromatic amines is 1. The number of nitrogen functional groups attached to an aromatic ring is 1. The largest absolute Gasteiger partial charge is 0.474 e. The number of fused-ring (bicyclic) bond motifs is 1. The first-order valence-corrected chi connectivity index (χ1v) is 10.6. The highest BCUT2D eigenvalue weighted by Crippen LogP contribution is 2.39. The summed E-state index contributed by atoms with van der Waals surface area (Å²) in [5.41, 5.74) is 13.4. The molecule has 1 amide bonds. The maximum absolute atomic E-state index is 14.2. The van der Waals surface area contributed by atoms with E-state index in [1.807, 2.05) is 19.1 Å². The molecule has 1 fully saturated rings. The number of hydrogen-bond donors (Lipinski definition) is 4. The lowest BCUT2D eigenvalue weighted by atomic mass is 9.79. The van der Waals surface area contributed by atoms with Crippen molar-refractivity contribution in [2.75, 3.05) is 5.73 Å². The fourth-order valence-electron chi connectivity index (χ4n) is 4.25. The fourth-order valence-corrected chi connectivity index (χ4v) is 4.25. The van der Waals surface area contributed by atoms with Crippen molar-refractivity contribution in [3.63, 3.8) is 0 Å². The lowest BCUT2D eigenvalue weighted by Crippen LogP contribution is -2.47. The lowest BCUT2D eigenvalue weighted by Gasteiger charge is -2.40. The SMILES string of the molecule is Cc1ccc2[nH]ncc2c1-c1nc(-c2cc(F)cnc2OC2CC(C)(O)C2)nc(C(N)=O)c1N. The van der Waals surface area contributed by atoms with Gasteiger partial charge >= 0.3 is 0 Å². The number of nitrogens with two attached hydrogens (primary N) is 2. The van der Waals surface area contributed by atoms with Gasteiger partial charge in [0.25, 0.3) is 5.91 Å². The Bertz CT molecular complexity index is 1440. The van der Waals surface area contributed by atoms with Crippen molar-refractivity contribution in [1.29, 1.82) is 0 Å². The number of H-pyrrole nitrogens is 1. The first-order valence-electron chi connectivity index (χ1n) is 10.6. The normalized spacial score (nSPS) is 19.7. The summed E-state index contributed by atoms with van der Waals surface area (Å²) in [5, 5.41) is 17.7. The highest BCUT2D eigenvalue weighted by Gasteiger charge is 2.40. The minimum atomic E-state index is -0.860. The van der Waals surface area contributed by atoms with Crippen molar-refractivity contribution in [3.05, 3.63) is 47.7 Å². The summed E-state index contributed by atoms with van der Waals surface area (Å²) in [6.07, 6.45) is 3.13. The van der Waals surface area contributed by atoms with E-state index in [2.05, 4.69) is 25.1 Å². The van der Waals surface area contributed by atoms with Crippen molar-refractivity contribution in [3.8, 4) is 28.5 Å². The molecule has 0 aliphatic heterocycles. The topological polar surface area (TPSA) is 166 Å². The number of hydrogen-bond acceptors (Lipinski definition) is 8. The highest BCUT2D eigenvalue weighted by molar-refractivity contribution is 6.04. The number of ether oxygens (including phenoxy) is 1. The Balaban J connectivity index is 1.70. The molecule has 11 heteroatoms. The second-order valence-electron chi connectivity index (χ2n) is 8.76. The van der Waals surface area contributed by atoms with Crippen LogP contribution in [-0.4, -0.2) is 47.9 Å². The summed E-state index contributed by atoms with van der Waals surface area (Å²) in [5.74, 6) is -1.45. The Hall–Kier alpha value is -4.12. The van der Waals surface area contributed by atoms with E-state index in [0.717, 1.165) is 22.7 Å². The first-order chi connectivity index (χ1) is 16.1. The zero-order chi connectivity index (χ0) is 24.2. The van der Waals surface area contributed by atoms with Crippen LogP contribution in [0.5, 0.6) is 5.88 Å². The van der Waals surface area contributed by atoms with Gasteiger partial charge in [-0.15, -0.1) is 0 Å². The van der Waals surface area contributed by atoms with Crippen LogP contribution in [0.25, 0.3) is 33.5 Å². The van der Waals surface area contributed by atoms with Gasteiger partial charge in [-0.3, -0.25) is 9.89 Å². The molecule has 1 aliphatic rings. The molecule has 0 saturated heterocycles. The number of halogens is 1. The molecule has 0 bridgehead atoms. The van der Waals surface area contributed by atoms with Crippen LogP contribution < -0.4 is 16.2 Å². The molecule has 4 aromatic rings. The van der Waals surface area contributed by atoms with Gasteiger partial charge in [-0.25, -0.2) is 19.3 Å². The average molecular weight is 463 g/mol. The number of anilines is 1. The molecule has 3 aromatic heterocycles. The van der Waals surface area contributed by atoms with Crippen LogP contribution in [0.1, 0.15) is 35.8 Å². The van der Waals surface area contributed by atoms with E-state index in [0.29, 0.717) is 18.4 Å². The smallest absolute Gasteiger partial charge is 0.269 e. The third-order valence-electron chi connectivity index (χ3n) is 5.92. The number of pyridine rings is 1. The predicted molar refractivity (Wildman–Crippen MR) is 122 cm³/mol. The summed E-state index contributed by atoms with van der Waals surface area (Å²) in [4.78, 5) is 25.1. The number of carbonyl (C=O) groups is 1. The zero-order valence-corrected chi connectivity index (χ0v) is 18.5. The Labute approximate surface area is 193 Å². The quantitative estimate of drug-likeness (QED) is 0.350. The average Bonchev–Trinajstić information content (AvgIpc) is 3.23. The van der Waals surface area contributed by atoms with Crippen molar-refractivity contribution >= 4 is 22.5 Å². The molecule has 0 unspecified atom stereocenters. The molecule has 3 heterocycles. The standard InChI is InChI=1S/C23H22FN7O3/c1-10-3-4-15-14(9-28-31-15)16(10)18-17(25)19(20(26)32)30-21(29-18)13-5-11(24)8-27-22(13)34-12-6-23(2,33)7-12/h3-5,8-9,12,33H,6-7,25H2,1-2H3,(H2,26,32)(H,28,31). The molecule has 174 valence electrons. The molecule has 10 nitrogen and oxygen atoms in total. The maximum atomic E-state index is 14.2. The van der Waals surface area contributed by atoms with Gasteiger partial charge in [0, 0.05) is 23.8 Å². The minimum Gasteiger partial charge on any atom is -0.474 e. The molecule has 0 radical (unpaired) electrons. The number of benzene rings is 1. The molecular weight excluding hydrogens is 441 g/mol. The number of nitrogens with one attached hydrogen (secondary N) is 1. The van der Waals surface area contributed by atoms with E-state index in [9.17, 15) is 14.3 Å². The van der Waals surface area contributed by atoms with Crippen LogP contribution in [0.4, 0.5) is 10.1 Å². The number of primary amides is 1. The highest BCUT2D eigenvalue weighted by atomic mass is 19.1. The summed E-state index contributed by atoms with van der Waals surface area (Å²) >= 11 is 0. The summed E-state index contributed by atoms with van der Waals surface area (Å²) in [6.45, 7) is 3.58. The van der Waals surface area contributed by atoms with Gasteiger partial charge in [0.05, 0.1) is 40.5 Å². The second kappa shape index (κ2) is 7.73. The van der Waals surface area contributed by atoms with Gasteiger partial charge in [-0.1, -0.05) is 6.07 Å². The Morgan fingerprint density at radius 3 is 2.76 bits per heavy atom. The van der Waals surface area contributed by atoms with Crippen LogP contribution in [0, 0.1) is 12.7 Å². The molecule has 0 atom stereocenters. The molecule has 1 aromatic carbocycles. The number of carbonyl (C=O) groups excluding carboxylic acids is 1. The number of amides is 1. The molecule has 34 heavy (non-hydrogen) atoms. The Kier molecular flexibility index (Phi) is 4.94. The van der Waals surface area contributed by atoms with Crippen molar-refractivity contribution < 1.29 is 19.0 Å². The molecule has 6 N–H and O–H groups in total. The zero-order valence-electron chi connectivity index (χ0n) is 18.5. The van der Waals surface area contributed by atoms with Crippen molar-refractivity contribution in [1.82, 2.24) is 25.1 Å². The minimum absolute atomic E-state index is 0.00470. The maximum Gasteiger partial charge on any atom is 0.269 e. The number of aromatic nitrogens is 5. The van der Waals surface area contributed by atoms with Crippen LogP contribution in [-0.2, 0) is 0 Å².